The van der Waals surface area contributed by atoms with Crippen molar-refractivity contribution in [3.05, 3.63) is 95.0 Å². The summed E-state index contributed by atoms with van der Waals surface area (Å²) in [4.78, 5) is 16.0. The predicted molar refractivity (Wildman–Crippen MR) is 148 cm³/mol. The summed E-state index contributed by atoms with van der Waals surface area (Å²) < 4.78 is 35.3. The zero-order chi connectivity index (χ0) is 26.5. The molecule has 4 nitrogen and oxygen atoms in total. The van der Waals surface area contributed by atoms with Crippen molar-refractivity contribution in [1.29, 1.82) is 0 Å². The van der Waals surface area contributed by atoms with Crippen LogP contribution in [-0.2, 0) is 11.3 Å². The van der Waals surface area contributed by atoms with E-state index in [1.54, 1.807) is 30.3 Å². The third kappa shape index (κ3) is 7.46. The molecule has 0 N–H and O–H groups in total. The normalized spacial score (nSPS) is 21.7. The Morgan fingerprint density at radius 2 is 1.77 bits per heavy atom. The second-order valence-corrected chi connectivity index (χ2v) is 11.9. The standard InChI is InChI=1S/C30H32ClF2N2O2S.ClH/c31-24-5-3-6-26(19-24)38-18-4-15-35-16-13-23(14-17-35)29(21-35)37-30(36)34(28-8-2-1-7-27(28)33)20-22-9-11-25(32)12-10-22;/h1-3,5-12,19,23,29H,4,13-18,20-21H2;1H/q+1;/p-1/t23?,29-,35?;/m0./s1. The van der Waals surface area contributed by atoms with Gasteiger partial charge in [0, 0.05) is 40.9 Å². The number of nitrogens with zero attached hydrogens (tertiary/aromatic N) is 2. The molecule has 0 radical (unpaired) electrons. The number of halogens is 4. The molecule has 9 heteroatoms. The maximum atomic E-state index is 14.8. The van der Waals surface area contributed by atoms with Crippen molar-refractivity contribution in [1.82, 2.24) is 0 Å². The topological polar surface area (TPSA) is 29.5 Å². The van der Waals surface area contributed by atoms with Crippen molar-refractivity contribution in [3.8, 4) is 0 Å². The monoisotopic (exact) mass is 592 g/mol. The molecule has 6 rings (SSSR count). The van der Waals surface area contributed by atoms with E-state index in [1.165, 1.54) is 28.0 Å². The van der Waals surface area contributed by atoms with E-state index >= 15 is 0 Å². The summed E-state index contributed by atoms with van der Waals surface area (Å²) in [6.07, 6.45) is 2.35. The highest BCUT2D eigenvalue weighted by molar-refractivity contribution is 7.99. The van der Waals surface area contributed by atoms with Crippen LogP contribution in [-0.4, -0.2) is 48.6 Å². The third-order valence-electron chi connectivity index (χ3n) is 7.75. The van der Waals surface area contributed by atoms with Crippen molar-refractivity contribution >= 4 is 35.1 Å². The minimum absolute atomic E-state index is 0. The first-order valence-electron chi connectivity index (χ1n) is 13.1. The van der Waals surface area contributed by atoms with Crippen molar-refractivity contribution in [3.63, 3.8) is 0 Å². The quantitative estimate of drug-likeness (QED) is 0.207. The van der Waals surface area contributed by atoms with E-state index in [1.807, 2.05) is 30.0 Å². The lowest BCUT2D eigenvalue weighted by Gasteiger charge is -2.52. The molecule has 0 saturated carbocycles. The number of hydrogen-bond donors (Lipinski definition) is 0. The average Bonchev–Trinajstić information content (AvgIpc) is 2.92. The Morgan fingerprint density at radius 3 is 2.49 bits per heavy atom. The second kappa shape index (κ2) is 13.4. The zero-order valence-electron chi connectivity index (χ0n) is 21.6. The lowest BCUT2D eigenvalue weighted by atomic mass is 9.83. The number of piperidine rings is 3. The fourth-order valence-corrected chi connectivity index (χ4v) is 6.85. The van der Waals surface area contributed by atoms with Crippen LogP contribution in [0.3, 0.4) is 0 Å². The maximum absolute atomic E-state index is 14.8. The van der Waals surface area contributed by atoms with Gasteiger partial charge >= 0.3 is 6.09 Å². The highest BCUT2D eigenvalue weighted by Gasteiger charge is 2.47. The van der Waals surface area contributed by atoms with Gasteiger partial charge in [-0.1, -0.05) is 41.9 Å². The van der Waals surface area contributed by atoms with Gasteiger partial charge in [-0.05, 0) is 48.0 Å². The number of quaternary nitrogens is 1. The molecule has 3 aromatic carbocycles. The van der Waals surface area contributed by atoms with Crippen molar-refractivity contribution in [2.75, 3.05) is 36.8 Å². The molecule has 3 fully saturated rings. The minimum atomic E-state index is -0.562. The molecule has 3 saturated heterocycles. The van der Waals surface area contributed by atoms with Gasteiger partial charge in [0.05, 0.1) is 31.9 Å². The van der Waals surface area contributed by atoms with Crippen molar-refractivity contribution < 1.29 is 35.2 Å². The van der Waals surface area contributed by atoms with E-state index in [0.29, 0.717) is 11.5 Å². The number of carbonyl (C=O) groups is 1. The zero-order valence-corrected chi connectivity index (χ0v) is 23.9. The predicted octanol–water partition coefficient (Wildman–Crippen LogP) is 4.56. The molecule has 1 atom stereocenters. The number of para-hydroxylation sites is 1. The van der Waals surface area contributed by atoms with Crippen LogP contribution in [0.2, 0.25) is 5.02 Å². The van der Waals surface area contributed by atoms with Gasteiger partial charge in [0.2, 0.25) is 0 Å². The average molecular weight is 594 g/mol. The summed E-state index contributed by atoms with van der Waals surface area (Å²) in [5.41, 5.74) is 0.853. The molecular weight excluding hydrogens is 561 g/mol. The Hall–Kier alpha value is -2.32. The number of anilines is 1. The van der Waals surface area contributed by atoms with Crippen LogP contribution in [0.25, 0.3) is 0 Å². The van der Waals surface area contributed by atoms with E-state index in [9.17, 15) is 13.6 Å². The van der Waals surface area contributed by atoms with E-state index in [-0.39, 0.29) is 36.6 Å². The van der Waals surface area contributed by atoms with Crippen LogP contribution in [0.15, 0.2) is 77.7 Å². The summed E-state index contributed by atoms with van der Waals surface area (Å²) >= 11 is 7.93. The lowest BCUT2D eigenvalue weighted by molar-refractivity contribution is -0.946. The van der Waals surface area contributed by atoms with Crippen LogP contribution in [0.1, 0.15) is 24.8 Å². The molecule has 0 aromatic heterocycles. The van der Waals surface area contributed by atoms with E-state index in [2.05, 4.69) is 6.07 Å². The van der Waals surface area contributed by atoms with Gasteiger partial charge in [0.1, 0.15) is 18.2 Å². The van der Waals surface area contributed by atoms with Gasteiger partial charge < -0.3 is 21.6 Å². The Kier molecular flexibility index (Phi) is 10.2. The highest BCUT2D eigenvalue weighted by atomic mass is 35.5. The number of benzene rings is 3. The molecule has 208 valence electrons. The maximum Gasteiger partial charge on any atom is 0.415 e. The molecule has 3 aliphatic rings. The molecular formula is C30H32Cl2F2N2O2S. The first-order valence-corrected chi connectivity index (χ1v) is 14.5. The molecule has 0 spiro atoms. The molecule has 1 amide bonds. The van der Waals surface area contributed by atoms with Gasteiger partial charge in [-0.15, -0.1) is 11.8 Å². The number of hydrogen-bond acceptors (Lipinski definition) is 3. The van der Waals surface area contributed by atoms with E-state index < -0.39 is 11.9 Å². The SMILES string of the molecule is O=C(O[C@H]1C[N+]2(CCCSc3cccc(Cl)c3)CCC1CC2)N(Cc1ccc(F)cc1)c1ccccc1F.[Cl-]. The Bertz CT molecular complexity index is 1260. The van der Waals surface area contributed by atoms with Crippen LogP contribution >= 0.6 is 23.4 Å². The number of thioether (sulfide) groups is 1. The summed E-state index contributed by atoms with van der Waals surface area (Å²) in [6.45, 7) is 4.14. The molecule has 39 heavy (non-hydrogen) atoms. The first kappa shape index (κ1) is 29.7. The Morgan fingerprint density at radius 1 is 1.03 bits per heavy atom. The van der Waals surface area contributed by atoms with Gasteiger partial charge in [0.15, 0.2) is 6.10 Å². The fraction of sp³-hybridized carbons (Fsp3) is 0.367. The number of carbonyl (C=O) groups excluding carboxylic acids is 1. The largest absolute Gasteiger partial charge is 1.00 e. The second-order valence-electron chi connectivity index (χ2n) is 10.3. The van der Waals surface area contributed by atoms with Crippen LogP contribution in [0.4, 0.5) is 19.3 Å². The number of rotatable bonds is 9. The fourth-order valence-electron chi connectivity index (χ4n) is 5.70. The van der Waals surface area contributed by atoms with Crippen LogP contribution in [0.5, 0.6) is 0 Å². The van der Waals surface area contributed by atoms with E-state index in [4.69, 9.17) is 16.3 Å². The molecule has 3 heterocycles. The van der Waals surface area contributed by atoms with Gasteiger partial charge in [-0.2, -0.15) is 0 Å². The number of ether oxygens (including phenoxy) is 1. The van der Waals surface area contributed by atoms with E-state index in [0.717, 1.165) is 60.7 Å². The highest BCUT2D eigenvalue weighted by Crippen LogP contribution is 2.37. The Labute approximate surface area is 244 Å². The number of amides is 1. The first-order chi connectivity index (χ1) is 18.4. The van der Waals surface area contributed by atoms with Gasteiger partial charge in [-0.3, -0.25) is 4.90 Å². The summed E-state index contributed by atoms with van der Waals surface area (Å²) in [5.74, 6) is 0.475. The molecule has 3 aromatic rings. The summed E-state index contributed by atoms with van der Waals surface area (Å²) in [6, 6.07) is 20.0. The summed E-state index contributed by atoms with van der Waals surface area (Å²) in [5, 5.41) is 0.753. The number of fused-ring (bicyclic) bond motifs is 3. The lowest BCUT2D eigenvalue weighted by Crippen LogP contribution is -3.00. The van der Waals surface area contributed by atoms with Crippen LogP contribution in [0, 0.1) is 17.6 Å². The molecule has 3 aliphatic heterocycles. The molecule has 2 bridgehead atoms. The van der Waals surface area contributed by atoms with Gasteiger partial charge in [0.25, 0.3) is 0 Å². The van der Waals surface area contributed by atoms with Crippen molar-refractivity contribution in [2.24, 2.45) is 5.92 Å². The minimum Gasteiger partial charge on any atom is -1.00 e. The van der Waals surface area contributed by atoms with Gasteiger partial charge in [-0.25, -0.2) is 13.6 Å². The third-order valence-corrected chi connectivity index (χ3v) is 9.07. The smallest absolute Gasteiger partial charge is 0.415 e. The summed E-state index contributed by atoms with van der Waals surface area (Å²) in [7, 11) is 0. The Balaban J connectivity index is 0.00000353. The van der Waals surface area contributed by atoms with Crippen LogP contribution < -0.4 is 17.3 Å². The molecule has 0 unspecified atom stereocenters. The van der Waals surface area contributed by atoms with Crippen molar-refractivity contribution in [2.45, 2.75) is 36.8 Å². The molecule has 0 aliphatic carbocycles.